The molecule has 0 saturated heterocycles. The van der Waals surface area contributed by atoms with Gasteiger partial charge in [0.25, 0.3) is 0 Å². The summed E-state index contributed by atoms with van der Waals surface area (Å²) in [5.41, 5.74) is 1.55. The van der Waals surface area contributed by atoms with Gasteiger partial charge in [-0.2, -0.15) is 0 Å². The summed E-state index contributed by atoms with van der Waals surface area (Å²) in [7, 11) is 0. The molecule has 0 aliphatic heterocycles. The first kappa shape index (κ1) is 37.5. The van der Waals surface area contributed by atoms with Crippen molar-refractivity contribution in [3.8, 4) is 39.5 Å². The monoisotopic (exact) mass is 708 g/mol. The number of carbonyl (C=O) groups excluding carboxylic acids is 3. The minimum Gasteiger partial charge on any atom is -0.427 e. The first-order valence-corrected chi connectivity index (χ1v) is 15.2. The summed E-state index contributed by atoms with van der Waals surface area (Å²) < 4.78 is 115. The zero-order valence-electron chi connectivity index (χ0n) is 26.0. The summed E-state index contributed by atoms with van der Waals surface area (Å²) >= 11 is 0. The predicted molar refractivity (Wildman–Crippen MR) is 164 cm³/mol. The lowest BCUT2D eigenvalue weighted by Gasteiger charge is -2.11. The number of carbonyl (C=O) groups is 3. The van der Waals surface area contributed by atoms with E-state index >= 15 is 0 Å². The van der Waals surface area contributed by atoms with E-state index in [4.69, 9.17) is 4.74 Å². The van der Waals surface area contributed by atoms with Crippen LogP contribution in [0.3, 0.4) is 0 Å². The number of alkyl halides is 6. The molecule has 14 heteroatoms. The highest BCUT2D eigenvalue weighted by atomic mass is 19.4. The van der Waals surface area contributed by atoms with E-state index < -0.39 is 53.4 Å². The van der Waals surface area contributed by atoms with Crippen molar-refractivity contribution in [2.75, 3.05) is 0 Å². The molecule has 6 nitrogen and oxygen atoms in total. The molecule has 4 aromatic rings. The van der Waals surface area contributed by atoms with Crippen molar-refractivity contribution in [3.63, 3.8) is 0 Å². The van der Waals surface area contributed by atoms with Gasteiger partial charge >= 0.3 is 18.7 Å². The number of Topliss-reactive ketones (excluding diaryl/α,β-unsaturated/α-hetero) is 2. The smallest absolute Gasteiger partial charge is 0.427 e. The number of ketones is 2. The van der Waals surface area contributed by atoms with E-state index in [1.54, 1.807) is 0 Å². The van der Waals surface area contributed by atoms with E-state index in [9.17, 15) is 49.5 Å². The second-order valence-electron chi connectivity index (χ2n) is 11.0. The standard InChI is InChI=1S/C36H28F8O6/c37-28-20-25(14-18-31(28)49-35(39,40)41)22-8-10-24(11-9-22)34(47)30(45)6-4-2-1-3-5-7-33(46)48-27-16-12-23(13-17-27)26-15-19-32(29(38)21-26)50-36(42,43)44/h8-21H,1-7H2. The number of ether oxygens (including phenoxy) is 3. The number of halogens is 8. The molecule has 50 heavy (non-hydrogen) atoms. The number of esters is 1. The quantitative estimate of drug-likeness (QED) is 0.0306. The average Bonchev–Trinajstić information content (AvgIpc) is 3.05. The van der Waals surface area contributed by atoms with Crippen LogP contribution in [0.4, 0.5) is 35.1 Å². The van der Waals surface area contributed by atoms with Gasteiger partial charge in [-0.25, -0.2) is 8.78 Å². The van der Waals surface area contributed by atoms with Crippen molar-refractivity contribution in [2.24, 2.45) is 0 Å². The van der Waals surface area contributed by atoms with E-state index in [0.29, 0.717) is 48.8 Å². The van der Waals surface area contributed by atoms with Crippen LogP contribution >= 0.6 is 0 Å². The van der Waals surface area contributed by atoms with Gasteiger partial charge in [-0.1, -0.05) is 67.8 Å². The first-order chi connectivity index (χ1) is 23.6. The average molecular weight is 709 g/mol. The predicted octanol–water partition coefficient (Wildman–Crippen LogP) is 10.2. The molecule has 0 atom stereocenters. The maximum Gasteiger partial charge on any atom is 0.573 e. The summed E-state index contributed by atoms with van der Waals surface area (Å²) in [4.78, 5) is 37.1. The second-order valence-corrected chi connectivity index (χ2v) is 11.0. The third kappa shape index (κ3) is 11.4. The summed E-state index contributed by atoms with van der Waals surface area (Å²) in [6.07, 6.45) is -6.95. The van der Waals surface area contributed by atoms with Crippen LogP contribution in [0.15, 0.2) is 84.9 Å². The Kier molecular flexibility index (Phi) is 12.3. The molecule has 0 unspecified atom stereocenters. The Morgan fingerprint density at radius 3 is 1.40 bits per heavy atom. The van der Waals surface area contributed by atoms with Crippen molar-refractivity contribution in [3.05, 3.63) is 102 Å². The third-order valence-corrected chi connectivity index (χ3v) is 7.25. The van der Waals surface area contributed by atoms with E-state index in [1.807, 2.05) is 0 Å². The van der Waals surface area contributed by atoms with E-state index in [2.05, 4.69) is 9.47 Å². The first-order valence-electron chi connectivity index (χ1n) is 15.2. The molecule has 0 radical (unpaired) electrons. The zero-order chi connectivity index (χ0) is 36.5. The Bertz CT molecular complexity index is 1800. The van der Waals surface area contributed by atoms with Gasteiger partial charge in [-0.05, 0) is 71.5 Å². The lowest BCUT2D eigenvalue weighted by atomic mass is 9.99. The van der Waals surface area contributed by atoms with Gasteiger partial charge in [0.1, 0.15) is 5.75 Å². The molecule has 4 aromatic carbocycles. The largest absolute Gasteiger partial charge is 0.573 e. The molecule has 0 aromatic heterocycles. The Labute approximate surface area is 280 Å². The van der Waals surface area contributed by atoms with Gasteiger partial charge in [0.15, 0.2) is 23.1 Å². The Hall–Kier alpha value is -5.27. The maximum atomic E-state index is 14.0. The van der Waals surface area contributed by atoms with E-state index in [-0.39, 0.29) is 29.7 Å². The highest BCUT2D eigenvalue weighted by Crippen LogP contribution is 2.32. The van der Waals surface area contributed by atoms with E-state index in [0.717, 1.165) is 24.3 Å². The molecule has 0 N–H and O–H groups in total. The second kappa shape index (κ2) is 16.4. The summed E-state index contributed by atoms with van der Waals surface area (Å²) in [6.45, 7) is 0. The van der Waals surface area contributed by atoms with Crippen LogP contribution < -0.4 is 14.2 Å². The number of benzene rings is 4. The maximum absolute atomic E-state index is 14.0. The molecule has 0 aliphatic carbocycles. The Morgan fingerprint density at radius 1 is 0.520 bits per heavy atom. The number of hydrogen-bond donors (Lipinski definition) is 0. The third-order valence-electron chi connectivity index (χ3n) is 7.25. The Morgan fingerprint density at radius 2 is 0.940 bits per heavy atom. The normalized spacial score (nSPS) is 11.6. The number of unbranched alkanes of at least 4 members (excludes halogenated alkanes) is 4. The lowest BCUT2D eigenvalue weighted by Crippen LogP contribution is -2.17. The number of hydrogen-bond acceptors (Lipinski definition) is 6. The topological polar surface area (TPSA) is 78.9 Å². The van der Waals surface area contributed by atoms with Crippen molar-refractivity contribution in [1.82, 2.24) is 0 Å². The fourth-order valence-corrected chi connectivity index (χ4v) is 4.85. The molecule has 0 spiro atoms. The van der Waals surface area contributed by atoms with Gasteiger partial charge in [-0.15, -0.1) is 26.3 Å². The summed E-state index contributed by atoms with van der Waals surface area (Å²) in [5.74, 6) is -5.87. The highest BCUT2D eigenvalue weighted by Gasteiger charge is 2.33. The number of rotatable bonds is 15. The molecule has 4 rings (SSSR count). The van der Waals surface area contributed by atoms with Crippen molar-refractivity contribution < 1.29 is 63.7 Å². The van der Waals surface area contributed by atoms with Crippen LogP contribution in [0.2, 0.25) is 0 Å². The van der Waals surface area contributed by atoms with Gasteiger partial charge in [0.2, 0.25) is 11.6 Å². The minimum absolute atomic E-state index is 0.0165. The van der Waals surface area contributed by atoms with Gasteiger partial charge in [0.05, 0.1) is 0 Å². The van der Waals surface area contributed by atoms with Gasteiger partial charge < -0.3 is 14.2 Å². The molecule has 0 aliphatic rings. The molecule has 0 fully saturated rings. The molecule has 0 bridgehead atoms. The van der Waals surface area contributed by atoms with Crippen LogP contribution in [0.5, 0.6) is 17.2 Å². The van der Waals surface area contributed by atoms with Crippen molar-refractivity contribution in [1.29, 1.82) is 0 Å². The van der Waals surface area contributed by atoms with Crippen LogP contribution in [0, 0.1) is 11.6 Å². The summed E-state index contributed by atoms with van der Waals surface area (Å²) in [6, 6.07) is 17.6. The molecular formula is C36H28F8O6. The molecular weight excluding hydrogens is 680 g/mol. The van der Waals surface area contributed by atoms with Crippen LogP contribution in [-0.2, 0) is 9.59 Å². The highest BCUT2D eigenvalue weighted by molar-refractivity contribution is 6.43. The fraction of sp³-hybridized carbons (Fsp3) is 0.250. The van der Waals surface area contributed by atoms with Crippen LogP contribution in [0.25, 0.3) is 22.3 Å². The SMILES string of the molecule is O=C(CCCCCCCC(=O)C(=O)c1ccc(-c2ccc(OC(F)(F)F)c(F)c2)cc1)Oc1ccc(-c2ccc(OC(F)(F)F)c(F)c2)cc1. The lowest BCUT2D eigenvalue weighted by molar-refractivity contribution is -0.276. The van der Waals surface area contributed by atoms with Gasteiger partial charge in [-0.3, -0.25) is 14.4 Å². The molecule has 0 heterocycles. The molecule has 0 saturated carbocycles. The minimum atomic E-state index is -5.04. The fourth-order valence-electron chi connectivity index (χ4n) is 4.85. The van der Waals surface area contributed by atoms with Crippen LogP contribution in [0.1, 0.15) is 55.3 Å². The molecule has 0 amide bonds. The van der Waals surface area contributed by atoms with Gasteiger partial charge in [0, 0.05) is 18.4 Å². The van der Waals surface area contributed by atoms with Crippen LogP contribution in [-0.4, -0.2) is 30.3 Å². The van der Waals surface area contributed by atoms with Crippen molar-refractivity contribution >= 4 is 17.5 Å². The summed E-state index contributed by atoms with van der Waals surface area (Å²) in [5, 5.41) is 0. The Balaban J connectivity index is 1.13. The molecule has 264 valence electrons. The zero-order valence-corrected chi connectivity index (χ0v) is 26.0. The van der Waals surface area contributed by atoms with E-state index in [1.165, 1.54) is 60.7 Å². The van der Waals surface area contributed by atoms with Crippen molar-refractivity contribution in [2.45, 2.75) is 57.7 Å².